The molecule has 0 radical (unpaired) electrons. The standard InChI is InChI=1S/C20H26N4O3/c1-21-15-4-3-5-16(15)23(2)13-6-7-14-12(10-13)11-24(20(14)27)17-8-9-18(25)22-19(17)26/h6-7,10,15-17,21H,3-5,8-9,11H2,1-2H3,(H,22,25,26)/t15-,16+,17?/m1/s1. The van der Waals surface area contributed by atoms with Gasteiger partial charge in [-0.1, -0.05) is 0 Å². The first-order valence-electron chi connectivity index (χ1n) is 9.67. The molecule has 2 heterocycles. The zero-order valence-corrected chi connectivity index (χ0v) is 15.8. The molecule has 1 saturated heterocycles. The number of imide groups is 1. The molecule has 27 heavy (non-hydrogen) atoms. The summed E-state index contributed by atoms with van der Waals surface area (Å²) in [5.74, 6) is -0.754. The number of nitrogens with zero attached hydrogens (tertiary/aromatic N) is 2. The van der Waals surface area contributed by atoms with Gasteiger partial charge in [-0.15, -0.1) is 0 Å². The summed E-state index contributed by atoms with van der Waals surface area (Å²) in [6, 6.07) is 6.30. The van der Waals surface area contributed by atoms with Crippen LogP contribution in [0, 0.1) is 0 Å². The zero-order chi connectivity index (χ0) is 19.1. The van der Waals surface area contributed by atoms with E-state index >= 15 is 0 Å². The Morgan fingerprint density at radius 1 is 1.19 bits per heavy atom. The van der Waals surface area contributed by atoms with Crippen molar-refractivity contribution >= 4 is 23.4 Å². The molecule has 2 N–H and O–H groups in total. The van der Waals surface area contributed by atoms with Crippen molar-refractivity contribution in [2.45, 2.75) is 56.8 Å². The molecule has 7 nitrogen and oxygen atoms in total. The van der Waals surface area contributed by atoms with Gasteiger partial charge in [-0.3, -0.25) is 19.7 Å². The van der Waals surface area contributed by atoms with Crippen LogP contribution in [0.2, 0.25) is 0 Å². The van der Waals surface area contributed by atoms with Crippen molar-refractivity contribution in [1.29, 1.82) is 0 Å². The third kappa shape index (κ3) is 3.10. The lowest BCUT2D eigenvalue weighted by Gasteiger charge is -2.31. The van der Waals surface area contributed by atoms with Crippen LogP contribution in [0.4, 0.5) is 5.69 Å². The fraction of sp³-hybridized carbons (Fsp3) is 0.550. The van der Waals surface area contributed by atoms with E-state index in [-0.39, 0.29) is 24.1 Å². The van der Waals surface area contributed by atoms with Gasteiger partial charge in [0.25, 0.3) is 5.91 Å². The molecule has 1 unspecified atom stereocenters. The molecule has 3 aliphatic rings. The van der Waals surface area contributed by atoms with Crippen LogP contribution in [-0.4, -0.2) is 54.8 Å². The first kappa shape index (κ1) is 18.0. The van der Waals surface area contributed by atoms with Crippen LogP contribution >= 0.6 is 0 Å². The number of anilines is 1. The highest BCUT2D eigenvalue weighted by Gasteiger charge is 2.39. The maximum absolute atomic E-state index is 12.8. The number of carbonyl (C=O) groups is 3. The highest BCUT2D eigenvalue weighted by atomic mass is 16.2. The number of piperidine rings is 1. The maximum Gasteiger partial charge on any atom is 0.255 e. The first-order valence-corrected chi connectivity index (χ1v) is 9.67. The molecule has 0 aromatic heterocycles. The van der Waals surface area contributed by atoms with Crippen LogP contribution in [0.3, 0.4) is 0 Å². The van der Waals surface area contributed by atoms with Gasteiger partial charge in [-0.25, -0.2) is 0 Å². The van der Waals surface area contributed by atoms with Gasteiger partial charge in [-0.05, 0) is 56.5 Å². The minimum atomic E-state index is -0.563. The number of likely N-dealkylation sites (N-methyl/N-ethyl adjacent to an activating group) is 2. The molecular weight excluding hydrogens is 344 g/mol. The molecule has 1 aliphatic carbocycles. The second-order valence-electron chi connectivity index (χ2n) is 7.75. The van der Waals surface area contributed by atoms with Crippen molar-refractivity contribution in [1.82, 2.24) is 15.5 Å². The Labute approximate surface area is 159 Å². The molecule has 7 heteroatoms. The zero-order valence-electron chi connectivity index (χ0n) is 15.8. The van der Waals surface area contributed by atoms with Gasteiger partial charge in [0.1, 0.15) is 6.04 Å². The molecule has 3 atom stereocenters. The van der Waals surface area contributed by atoms with E-state index in [4.69, 9.17) is 0 Å². The van der Waals surface area contributed by atoms with Crippen LogP contribution in [0.25, 0.3) is 0 Å². The summed E-state index contributed by atoms with van der Waals surface area (Å²) in [5, 5.41) is 5.75. The molecule has 1 aromatic rings. The van der Waals surface area contributed by atoms with E-state index in [1.165, 1.54) is 12.8 Å². The number of carbonyl (C=O) groups excluding carboxylic acids is 3. The smallest absolute Gasteiger partial charge is 0.255 e. The Morgan fingerprint density at radius 3 is 2.74 bits per heavy atom. The lowest BCUT2D eigenvalue weighted by atomic mass is 10.0. The largest absolute Gasteiger partial charge is 0.370 e. The van der Waals surface area contributed by atoms with Gasteiger partial charge in [0.2, 0.25) is 11.8 Å². The number of benzene rings is 1. The minimum Gasteiger partial charge on any atom is -0.370 e. The SMILES string of the molecule is CN[C@@H]1CCC[C@@H]1N(C)c1ccc2c(c1)CN(C1CCC(=O)NC1=O)C2=O. The summed E-state index contributed by atoms with van der Waals surface area (Å²) in [6.45, 7) is 0.419. The number of hydrogen-bond donors (Lipinski definition) is 2. The summed E-state index contributed by atoms with van der Waals surface area (Å²) in [4.78, 5) is 40.2. The van der Waals surface area contributed by atoms with Crippen molar-refractivity contribution in [3.63, 3.8) is 0 Å². The van der Waals surface area contributed by atoms with E-state index < -0.39 is 6.04 Å². The Bertz CT molecular complexity index is 793. The van der Waals surface area contributed by atoms with Gasteiger partial charge in [0.15, 0.2) is 0 Å². The van der Waals surface area contributed by atoms with Crippen LogP contribution in [0.5, 0.6) is 0 Å². The topological polar surface area (TPSA) is 81.8 Å². The van der Waals surface area contributed by atoms with E-state index in [1.807, 2.05) is 19.2 Å². The maximum atomic E-state index is 12.8. The molecule has 0 bridgehead atoms. The van der Waals surface area contributed by atoms with E-state index in [0.29, 0.717) is 30.6 Å². The summed E-state index contributed by atoms with van der Waals surface area (Å²) < 4.78 is 0. The molecular formula is C20H26N4O3. The van der Waals surface area contributed by atoms with E-state index in [0.717, 1.165) is 17.7 Å². The number of nitrogens with one attached hydrogen (secondary N) is 2. The van der Waals surface area contributed by atoms with Crippen molar-refractivity contribution in [3.05, 3.63) is 29.3 Å². The summed E-state index contributed by atoms with van der Waals surface area (Å²) >= 11 is 0. The molecule has 4 rings (SSSR count). The Kier molecular flexibility index (Phi) is 4.63. The number of hydrogen-bond acceptors (Lipinski definition) is 5. The summed E-state index contributed by atoms with van der Waals surface area (Å²) in [7, 11) is 4.12. The third-order valence-corrected chi connectivity index (χ3v) is 6.26. The Morgan fingerprint density at radius 2 is 2.00 bits per heavy atom. The molecule has 2 aliphatic heterocycles. The summed E-state index contributed by atoms with van der Waals surface area (Å²) in [6.07, 6.45) is 4.21. The molecule has 144 valence electrons. The number of rotatable bonds is 4. The van der Waals surface area contributed by atoms with Gasteiger partial charge in [0.05, 0.1) is 0 Å². The van der Waals surface area contributed by atoms with Crippen LogP contribution in [-0.2, 0) is 16.1 Å². The Hall–Kier alpha value is -2.41. The highest BCUT2D eigenvalue weighted by Crippen LogP contribution is 2.33. The summed E-state index contributed by atoms with van der Waals surface area (Å²) in [5.41, 5.74) is 2.71. The normalized spacial score (nSPS) is 27.7. The van der Waals surface area contributed by atoms with E-state index in [2.05, 4.69) is 28.6 Å². The van der Waals surface area contributed by atoms with Crippen LogP contribution in [0.15, 0.2) is 18.2 Å². The molecule has 1 aromatic carbocycles. The number of amides is 3. The third-order valence-electron chi connectivity index (χ3n) is 6.26. The van der Waals surface area contributed by atoms with Crippen molar-refractivity contribution in [3.8, 4) is 0 Å². The second kappa shape index (κ2) is 6.96. The second-order valence-corrected chi connectivity index (χ2v) is 7.75. The predicted molar refractivity (Wildman–Crippen MR) is 101 cm³/mol. The molecule has 2 fully saturated rings. The van der Waals surface area contributed by atoms with Crippen molar-refractivity contribution in [2.24, 2.45) is 0 Å². The highest BCUT2D eigenvalue weighted by molar-refractivity contribution is 6.05. The first-order chi connectivity index (χ1) is 13.0. The predicted octanol–water partition coefficient (Wildman–Crippen LogP) is 1.02. The van der Waals surface area contributed by atoms with E-state index in [1.54, 1.807) is 4.90 Å². The fourth-order valence-corrected chi connectivity index (χ4v) is 4.71. The average molecular weight is 370 g/mol. The van der Waals surface area contributed by atoms with Crippen LogP contribution < -0.4 is 15.5 Å². The Balaban J connectivity index is 1.54. The van der Waals surface area contributed by atoms with Crippen molar-refractivity contribution in [2.75, 3.05) is 19.0 Å². The monoisotopic (exact) mass is 370 g/mol. The number of fused-ring (bicyclic) bond motifs is 1. The fourth-order valence-electron chi connectivity index (χ4n) is 4.71. The average Bonchev–Trinajstić information content (AvgIpc) is 3.25. The van der Waals surface area contributed by atoms with E-state index in [9.17, 15) is 14.4 Å². The van der Waals surface area contributed by atoms with Gasteiger partial charge in [-0.2, -0.15) is 0 Å². The molecule has 3 amide bonds. The van der Waals surface area contributed by atoms with Crippen molar-refractivity contribution < 1.29 is 14.4 Å². The molecule has 0 spiro atoms. The molecule has 1 saturated carbocycles. The van der Waals surface area contributed by atoms with Gasteiger partial charge < -0.3 is 15.1 Å². The lowest BCUT2D eigenvalue weighted by molar-refractivity contribution is -0.136. The van der Waals surface area contributed by atoms with Gasteiger partial charge in [0, 0.05) is 43.3 Å². The minimum absolute atomic E-state index is 0.123. The van der Waals surface area contributed by atoms with Gasteiger partial charge >= 0.3 is 0 Å². The van der Waals surface area contributed by atoms with Crippen LogP contribution in [0.1, 0.15) is 48.0 Å². The quantitative estimate of drug-likeness (QED) is 0.774. The lowest BCUT2D eigenvalue weighted by Crippen LogP contribution is -2.52.